The molecule has 0 saturated carbocycles. The summed E-state index contributed by atoms with van der Waals surface area (Å²) in [5.41, 5.74) is 3.31. The van der Waals surface area contributed by atoms with Crippen molar-refractivity contribution in [2.75, 3.05) is 25.5 Å². The Kier molecular flexibility index (Phi) is 7.22. The van der Waals surface area contributed by atoms with Gasteiger partial charge in [-0.05, 0) is 47.7 Å². The summed E-state index contributed by atoms with van der Waals surface area (Å²) in [6.45, 7) is 7.97. The molecule has 4 heteroatoms. The third-order valence-corrected chi connectivity index (χ3v) is 4.29. The van der Waals surface area contributed by atoms with Crippen molar-refractivity contribution in [2.24, 2.45) is 0 Å². The topological polar surface area (TPSA) is 50.4 Å². The summed E-state index contributed by atoms with van der Waals surface area (Å²) < 4.78 is 5.16. The number of methoxy groups -OCH3 is 1. The molecule has 0 atom stereocenters. The molecular weight excluding hydrogens is 324 g/mol. The molecule has 4 nitrogen and oxygen atoms in total. The molecule has 2 N–H and O–H groups in total. The summed E-state index contributed by atoms with van der Waals surface area (Å²) in [6.07, 6.45) is 1.39. The van der Waals surface area contributed by atoms with Crippen LogP contribution in [0.2, 0.25) is 0 Å². The minimum absolute atomic E-state index is 0.000484. The average molecular weight is 354 g/mol. The molecule has 0 fully saturated rings. The predicted octanol–water partition coefficient (Wildman–Crippen LogP) is 4.15. The van der Waals surface area contributed by atoms with Gasteiger partial charge in [-0.1, -0.05) is 51.1 Å². The molecule has 2 rings (SSSR count). The van der Waals surface area contributed by atoms with E-state index >= 15 is 0 Å². The van der Waals surface area contributed by atoms with Gasteiger partial charge in [-0.25, -0.2) is 0 Å². The van der Waals surface area contributed by atoms with Crippen LogP contribution in [-0.2, 0) is 16.6 Å². The normalized spacial score (nSPS) is 11.2. The largest absolute Gasteiger partial charge is 0.497 e. The Morgan fingerprint density at radius 3 is 2.35 bits per heavy atom. The lowest BCUT2D eigenvalue weighted by atomic mass is 9.86. The van der Waals surface area contributed by atoms with Gasteiger partial charge in [0.15, 0.2) is 0 Å². The molecule has 0 aliphatic heterocycles. The third-order valence-electron chi connectivity index (χ3n) is 4.29. The van der Waals surface area contributed by atoms with E-state index in [-0.39, 0.29) is 11.3 Å². The maximum atomic E-state index is 12.2. The van der Waals surface area contributed by atoms with Crippen LogP contribution in [-0.4, -0.2) is 26.1 Å². The highest BCUT2D eigenvalue weighted by molar-refractivity contribution is 5.91. The molecule has 0 unspecified atom stereocenters. The summed E-state index contributed by atoms with van der Waals surface area (Å²) in [5, 5.41) is 6.38. The predicted molar refractivity (Wildman–Crippen MR) is 108 cm³/mol. The van der Waals surface area contributed by atoms with Gasteiger partial charge in [-0.3, -0.25) is 4.79 Å². The number of anilines is 1. The van der Waals surface area contributed by atoms with Crippen LogP contribution in [0.4, 0.5) is 5.69 Å². The van der Waals surface area contributed by atoms with Gasteiger partial charge in [-0.2, -0.15) is 0 Å². The molecular formula is C22H30N2O2. The molecule has 0 aromatic heterocycles. The third kappa shape index (κ3) is 6.19. The first kappa shape index (κ1) is 20.0. The standard InChI is InChI=1S/C22H30N2O2/c1-22(2,3)19-7-5-6-8-20(19)24-21(25)14-16-23-15-13-17-9-11-18(26-4)12-10-17/h5-12,23H,13-16H2,1-4H3,(H,24,25). The number of amides is 1. The average Bonchev–Trinajstić information content (AvgIpc) is 2.61. The van der Waals surface area contributed by atoms with E-state index in [2.05, 4.69) is 49.6 Å². The van der Waals surface area contributed by atoms with Gasteiger partial charge in [0.05, 0.1) is 7.11 Å². The Labute approximate surface area is 157 Å². The van der Waals surface area contributed by atoms with E-state index in [0.29, 0.717) is 13.0 Å². The fourth-order valence-corrected chi connectivity index (χ4v) is 2.81. The van der Waals surface area contributed by atoms with Crippen molar-refractivity contribution in [3.8, 4) is 5.75 Å². The lowest BCUT2D eigenvalue weighted by molar-refractivity contribution is -0.116. The van der Waals surface area contributed by atoms with E-state index in [0.717, 1.165) is 30.0 Å². The second-order valence-corrected chi connectivity index (χ2v) is 7.44. The van der Waals surface area contributed by atoms with E-state index < -0.39 is 0 Å². The number of para-hydroxylation sites is 1. The van der Waals surface area contributed by atoms with Crippen LogP contribution in [0.3, 0.4) is 0 Å². The van der Waals surface area contributed by atoms with Gasteiger partial charge < -0.3 is 15.4 Å². The van der Waals surface area contributed by atoms with Gasteiger partial charge in [0.1, 0.15) is 5.75 Å². The Balaban J connectivity index is 1.72. The molecule has 140 valence electrons. The highest BCUT2D eigenvalue weighted by Gasteiger charge is 2.18. The van der Waals surface area contributed by atoms with Crippen molar-refractivity contribution in [3.63, 3.8) is 0 Å². The Hall–Kier alpha value is -2.33. The molecule has 0 radical (unpaired) electrons. The zero-order chi connectivity index (χ0) is 19.0. The molecule has 0 spiro atoms. The van der Waals surface area contributed by atoms with E-state index in [4.69, 9.17) is 4.74 Å². The van der Waals surface area contributed by atoms with Crippen LogP contribution in [0.25, 0.3) is 0 Å². The SMILES string of the molecule is COc1ccc(CCNCCC(=O)Nc2ccccc2C(C)(C)C)cc1. The van der Waals surface area contributed by atoms with E-state index in [1.54, 1.807) is 7.11 Å². The summed E-state index contributed by atoms with van der Waals surface area (Å²) in [5.74, 6) is 0.910. The molecule has 0 bridgehead atoms. The number of carbonyl (C=O) groups is 1. The van der Waals surface area contributed by atoms with Crippen molar-refractivity contribution in [3.05, 3.63) is 59.7 Å². The van der Waals surface area contributed by atoms with Crippen molar-refractivity contribution in [1.29, 1.82) is 0 Å². The van der Waals surface area contributed by atoms with Gasteiger partial charge in [-0.15, -0.1) is 0 Å². The molecule has 0 saturated heterocycles. The highest BCUT2D eigenvalue weighted by atomic mass is 16.5. The van der Waals surface area contributed by atoms with Crippen LogP contribution >= 0.6 is 0 Å². The Morgan fingerprint density at radius 1 is 1.00 bits per heavy atom. The Morgan fingerprint density at radius 2 is 1.69 bits per heavy atom. The smallest absolute Gasteiger partial charge is 0.225 e. The van der Waals surface area contributed by atoms with Crippen LogP contribution in [0.1, 0.15) is 38.3 Å². The molecule has 0 aliphatic rings. The number of hydrogen-bond donors (Lipinski definition) is 2. The molecule has 26 heavy (non-hydrogen) atoms. The number of hydrogen-bond acceptors (Lipinski definition) is 3. The fraction of sp³-hybridized carbons (Fsp3) is 0.409. The molecule has 0 aliphatic carbocycles. The van der Waals surface area contributed by atoms with Gasteiger partial charge in [0.2, 0.25) is 5.91 Å². The maximum absolute atomic E-state index is 12.2. The fourth-order valence-electron chi connectivity index (χ4n) is 2.81. The van der Waals surface area contributed by atoms with E-state index in [1.165, 1.54) is 5.56 Å². The lowest BCUT2D eigenvalue weighted by Gasteiger charge is -2.23. The molecule has 1 amide bonds. The number of nitrogens with one attached hydrogen (secondary N) is 2. The molecule has 2 aromatic carbocycles. The molecule has 2 aromatic rings. The second kappa shape index (κ2) is 9.39. The van der Waals surface area contributed by atoms with Gasteiger partial charge in [0.25, 0.3) is 0 Å². The minimum atomic E-state index is 0.000484. The first-order valence-electron chi connectivity index (χ1n) is 9.13. The van der Waals surface area contributed by atoms with Crippen LogP contribution in [0, 0.1) is 0 Å². The van der Waals surface area contributed by atoms with E-state index in [9.17, 15) is 4.79 Å². The highest BCUT2D eigenvalue weighted by Crippen LogP contribution is 2.29. The monoisotopic (exact) mass is 354 g/mol. The maximum Gasteiger partial charge on any atom is 0.225 e. The summed E-state index contributed by atoms with van der Waals surface area (Å²) in [4.78, 5) is 12.2. The van der Waals surface area contributed by atoms with E-state index in [1.807, 2.05) is 30.3 Å². The van der Waals surface area contributed by atoms with Crippen molar-refractivity contribution in [2.45, 2.75) is 39.0 Å². The first-order valence-corrected chi connectivity index (χ1v) is 9.13. The number of benzene rings is 2. The van der Waals surface area contributed by atoms with Gasteiger partial charge >= 0.3 is 0 Å². The zero-order valence-corrected chi connectivity index (χ0v) is 16.3. The molecule has 0 heterocycles. The summed E-state index contributed by atoms with van der Waals surface area (Å²) >= 11 is 0. The minimum Gasteiger partial charge on any atom is -0.497 e. The van der Waals surface area contributed by atoms with Crippen molar-refractivity contribution >= 4 is 11.6 Å². The van der Waals surface area contributed by atoms with Gasteiger partial charge in [0, 0.05) is 18.7 Å². The zero-order valence-electron chi connectivity index (χ0n) is 16.3. The first-order chi connectivity index (χ1) is 12.4. The van der Waals surface area contributed by atoms with Crippen LogP contribution in [0.5, 0.6) is 5.75 Å². The number of ether oxygens (including phenoxy) is 1. The summed E-state index contributed by atoms with van der Waals surface area (Å²) in [7, 11) is 1.67. The number of carbonyl (C=O) groups excluding carboxylic acids is 1. The quantitative estimate of drug-likeness (QED) is 0.700. The van der Waals surface area contributed by atoms with Crippen molar-refractivity contribution < 1.29 is 9.53 Å². The Bertz CT molecular complexity index is 703. The second-order valence-electron chi connectivity index (χ2n) is 7.44. The van der Waals surface area contributed by atoms with Crippen molar-refractivity contribution in [1.82, 2.24) is 5.32 Å². The van der Waals surface area contributed by atoms with Crippen LogP contribution in [0.15, 0.2) is 48.5 Å². The van der Waals surface area contributed by atoms with Crippen LogP contribution < -0.4 is 15.4 Å². The summed E-state index contributed by atoms with van der Waals surface area (Å²) in [6, 6.07) is 16.1. The lowest BCUT2D eigenvalue weighted by Crippen LogP contribution is -2.24. The number of rotatable bonds is 8.